The summed E-state index contributed by atoms with van der Waals surface area (Å²) in [6, 6.07) is 8.11. The van der Waals surface area contributed by atoms with Crippen LogP contribution in [0.4, 0.5) is 0 Å². The van der Waals surface area contributed by atoms with Crippen LogP contribution in [0.3, 0.4) is 0 Å². The molecule has 2 N–H and O–H groups in total. The summed E-state index contributed by atoms with van der Waals surface area (Å²) in [7, 11) is 1.71. The van der Waals surface area contributed by atoms with E-state index in [1.807, 2.05) is 18.2 Å². The van der Waals surface area contributed by atoms with Crippen LogP contribution in [-0.2, 0) is 0 Å². The third-order valence-electron chi connectivity index (χ3n) is 3.75. The topological polar surface area (TPSA) is 38.5 Å². The third kappa shape index (κ3) is 4.22. The number of ether oxygens (including phenoxy) is 1. The van der Waals surface area contributed by atoms with Gasteiger partial charge in [0.1, 0.15) is 5.75 Å². The van der Waals surface area contributed by atoms with Crippen LogP contribution in [0.5, 0.6) is 5.75 Å². The van der Waals surface area contributed by atoms with Crippen molar-refractivity contribution in [3.63, 3.8) is 0 Å². The molecular formula is C16H26N2O. The largest absolute Gasteiger partial charge is 0.496 e. The maximum Gasteiger partial charge on any atom is 0.123 e. The molecule has 1 unspecified atom stereocenters. The lowest BCUT2D eigenvalue weighted by Crippen LogP contribution is -2.34. The Kier molecular flexibility index (Phi) is 5.23. The smallest absolute Gasteiger partial charge is 0.123 e. The Bertz CT molecular complexity index is 390. The van der Waals surface area contributed by atoms with Gasteiger partial charge in [0.05, 0.1) is 7.11 Å². The lowest BCUT2D eigenvalue weighted by Gasteiger charge is -2.26. The van der Waals surface area contributed by atoms with Crippen molar-refractivity contribution in [3.05, 3.63) is 29.8 Å². The number of hydrogen-bond acceptors (Lipinski definition) is 3. The molecule has 1 aromatic carbocycles. The Hall–Kier alpha value is -1.06. The molecule has 0 saturated heterocycles. The molecule has 0 aliphatic heterocycles. The zero-order chi connectivity index (χ0) is 13.7. The van der Waals surface area contributed by atoms with Gasteiger partial charge in [-0.25, -0.2) is 0 Å². The Labute approximate surface area is 116 Å². The van der Waals surface area contributed by atoms with Crippen molar-refractivity contribution >= 4 is 0 Å². The minimum Gasteiger partial charge on any atom is -0.496 e. The quantitative estimate of drug-likeness (QED) is 0.783. The minimum absolute atomic E-state index is 0.0291. The molecule has 3 heteroatoms. The van der Waals surface area contributed by atoms with Gasteiger partial charge in [-0.2, -0.15) is 0 Å². The second-order valence-electron chi connectivity index (χ2n) is 5.55. The lowest BCUT2D eigenvalue weighted by molar-refractivity contribution is 0.246. The van der Waals surface area contributed by atoms with E-state index in [1.54, 1.807) is 7.11 Å². The van der Waals surface area contributed by atoms with Gasteiger partial charge in [0.25, 0.3) is 0 Å². The molecule has 0 spiro atoms. The Morgan fingerprint density at radius 1 is 1.37 bits per heavy atom. The van der Waals surface area contributed by atoms with Gasteiger partial charge < -0.3 is 15.4 Å². The first kappa shape index (κ1) is 14.4. The van der Waals surface area contributed by atoms with Gasteiger partial charge in [0.15, 0.2) is 0 Å². The second-order valence-corrected chi connectivity index (χ2v) is 5.55. The van der Waals surface area contributed by atoms with E-state index in [0.29, 0.717) is 0 Å². The van der Waals surface area contributed by atoms with Crippen molar-refractivity contribution in [2.24, 2.45) is 11.7 Å². The number of hydrogen-bond donors (Lipinski definition) is 1. The van der Waals surface area contributed by atoms with Crippen molar-refractivity contribution in [1.29, 1.82) is 0 Å². The monoisotopic (exact) mass is 262 g/mol. The first-order valence-electron chi connectivity index (χ1n) is 7.35. The molecule has 0 radical (unpaired) electrons. The summed E-state index contributed by atoms with van der Waals surface area (Å²) in [6.07, 6.45) is 3.97. The van der Waals surface area contributed by atoms with Gasteiger partial charge in [0.2, 0.25) is 0 Å². The van der Waals surface area contributed by atoms with Crippen LogP contribution in [0.25, 0.3) is 0 Å². The lowest BCUT2D eigenvalue weighted by atomic mass is 10.1. The van der Waals surface area contributed by atoms with Crippen LogP contribution < -0.4 is 10.5 Å². The van der Waals surface area contributed by atoms with Crippen LogP contribution in [0.2, 0.25) is 0 Å². The van der Waals surface area contributed by atoms with Crippen molar-refractivity contribution < 1.29 is 4.74 Å². The highest BCUT2D eigenvalue weighted by atomic mass is 16.5. The molecule has 1 atom stereocenters. The summed E-state index contributed by atoms with van der Waals surface area (Å²) in [5.74, 6) is 1.81. The molecule has 0 bridgehead atoms. The Morgan fingerprint density at radius 3 is 2.74 bits per heavy atom. The van der Waals surface area contributed by atoms with E-state index >= 15 is 0 Å². The van der Waals surface area contributed by atoms with Crippen LogP contribution >= 0.6 is 0 Å². The first-order chi connectivity index (χ1) is 9.24. The average molecular weight is 262 g/mol. The van der Waals surface area contributed by atoms with Crippen molar-refractivity contribution in [2.45, 2.75) is 32.2 Å². The molecule has 19 heavy (non-hydrogen) atoms. The van der Waals surface area contributed by atoms with E-state index in [-0.39, 0.29) is 6.04 Å². The standard InChI is InChI=1S/C16H26N2O/c1-3-10-18(11-13-8-9-13)12-15(17)14-6-4-5-7-16(14)19-2/h4-7,13,15H,3,8-12,17H2,1-2H3. The number of benzene rings is 1. The average Bonchev–Trinajstić information content (AvgIpc) is 3.22. The zero-order valence-electron chi connectivity index (χ0n) is 12.1. The predicted octanol–water partition coefficient (Wildman–Crippen LogP) is 2.82. The minimum atomic E-state index is 0.0291. The molecule has 3 nitrogen and oxygen atoms in total. The highest BCUT2D eigenvalue weighted by Crippen LogP contribution is 2.31. The number of methoxy groups -OCH3 is 1. The molecule has 106 valence electrons. The molecule has 2 rings (SSSR count). The molecule has 1 saturated carbocycles. The van der Waals surface area contributed by atoms with E-state index in [1.165, 1.54) is 25.8 Å². The summed E-state index contributed by atoms with van der Waals surface area (Å²) in [4.78, 5) is 2.51. The molecule has 0 heterocycles. The summed E-state index contributed by atoms with van der Waals surface area (Å²) in [6.45, 7) is 5.50. The van der Waals surface area contributed by atoms with E-state index in [4.69, 9.17) is 10.5 Å². The van der Waals surface area contributed by atoms with Gasteiger partial charge in [-0.1, -0.05) is 25.1 Å². The number of nitrogens with two attached hydrogens (primary N) is 1. The van der Waals surface area contributed by atoms with Crippen LogP contribution in [0, 0.1) is 5.92 Å². The first-order valence-corrected chi connectivity index (χ1v) is 7.35. The van der Waals surface area contributed by atoms with Gasteiger partial charge in [-0.15, -0.1) is 0 Å². The van der Waals surface area contributed by atoms with Crippen molar-refractivity contribution in [3.8, 4) is 5.75 Å². The number of rotatable bonds is 8. The fraction of sp³-hybridized carbons (Fsp3) is 0.625. The number of nitrogens with zero attached hydrogens (tertiary/aromatic N) is 1. The Balaban J connectivity index is 1.98. The maximum absolute atomic E-state index is 6.38. The molecule has 0 amide bonds. The predicted molar refractivity (Wildman–Crippen MR) is 79.4 cm³/mol. The SMILES string of the molecule is CCCN(CC1CC1)CC(N)c1ccccc1OC. The van der Waals surface area contributed by atoms with E-state index in [9.17, 15) is 0 Å². The highest BCUT2D eigenvalue weighted by Gasteiger charge is 2.25. The van der Waals surface area contributed by atoms with Crippen molar-refractivity contribution in [1.82, 2.24) is 4.90 Å². The third-order valence-corrected chi connectivity index (χ3v) is 3.75. The highest BCUT2D eigenvalue weighted by molar-refractivity contribution is 5.35. The summed E-state index contributed by atoms with van der Waals surface area (Å²) >= 11 is 0. The molecule has 0 aromatic heterocycles. The van der Waals surface area contributed by atoms with E-state index in [2.05, 4.69) is 17.9 Å². The van der Waals surface area contributed by atoms with Gasteiger partial charge in [-0.3, -0.25) is 0 Å². The maximum atomic E-state index is 6.38. The zero-order valence-corrected chi connectivity index (χ0v) is 12.1. The summed E-state index contributed by atoms with van der Waals surface area (Å²) < 4.78 is 5.40. The molecule has 1 aliphatic carbocycles. The molecule has 1 fully saturated rings. The van der Waals surface area contributed by atoms with Crippen LogP contribution in [-0.4, -0.2) is 31.6 Å². The van der Waals surface area contributed by atoms with E-state index in [0.717, 1.165) is 30.3 Å². The van der Waals surface area contributed by atoms with Crippen molar-refractivity contribution in [2.75, 3.05) is 26.7 Å². The molecular weight excluding hydrogens is 236 g/mol. The van der Waals surface area contributed by atoms with Crippen LogP contribution in [0.15, 0.2) is 24.3 Å². The summed E-state index contributed by atoms with van der Waals surface area (Å²) in [5, 5.41) is 0. The summed E-state index contributed by atoms with van der Waals surface area (Å²) in [5.41, 5.74) is 7.49. The van der Waals surface area contributed by atoms with Crippen LogP contribution in [0.1, 0.15) is 37.8 Å². The van der Waals surface area contributed by atoms with E-state index < -0.39 is 0 Å². The molecule has 1 aliphatic rings. The Morgan fingerprint density at radius 2 is 2.11 bits per heavy atom. The normalized spacial score (nSPS) is 16.6. The second kappa shape index (κ2) is 6.92. The molecule has 1 aromatic rings. The number of para-hydroxylation sites is 1. The van der Waals surface area contributed by atoms with Gasteiger partial charge in [-0.05, 0) is 37.8 Å². The van der Waals surface area contributed by atoms with Gasteiger partial charge >= 0.3 is 0 Å². The fourth-order valence-corrected chi connectivity index (χ4v) is 2.59. The fourth-order valence-electron chi connectivity index (χ4n) is 2.59. The van der Waals surface area contributed by atoms with Gasteiger partial charge in [0, 0.05) is 24.7 Å².